The van der Waals surface area contributed by atoms with Gasteiger partial charge in [0.1, 0.15) is 0 Å². The molecule has 2 rings (SSSR count). The summed E-state index contributed by atoms with van der Waals surface area (Å²) >= 11 is 3.56. The highest BCUT2D eigenvalue weighted by Gasteiger charge is 2.37. The topological polar surface area (TPSA) is 44.5 Å². The fraction of sp³-hybridized carbons (Fsp3) is 0.500. The normalized spacial score (nSPS) is 17.8. The number of halogens is 1. The molecule has 0 radical (unpaired) electrons. The molecule has 0 unspecified atom stereocenters. The van der Waals surface area contributed by atoms with Crippen LogP contribution in [0.2, 0.25) is 0 Å². The predicted octanol–water partition coefficient (Wildman–Crippen LogP) is 2.80. The molecular formula is C12H16BrNO2. The summed E-state index contributed by atoms with van der Waals surface area (Å²) in [4.78, 5) is 0. The molecule has 0 spiro atoms. The van der Waals surface area contributed by atoms with Gasteiger partial charge in [-0.1, -0.05) is 6.07 Å². The largest absolute Gasteiger partial charge is 0.493 e. The van der Waals surface area contributed by atoms with E-state index in [0.717, 1.165) is 34.4 Å². The van der Waals surface area contributed by atoms with Crippen molar-refractivity contribution < 1.29 is 9.47 Å². The van der Waals surface area contributed by atoms with E-state index in [1.165, 1.54) is 6.42 Å². The third kappa shape index (κ3) is 1.70. The van der Waals surface area contributed by atoms with Crippen molar-refractivity contribution in [3.63, 3.8) is 0 Å². The summed E-state index contributed by atoms with van der Waals surface area (Å²) in [7, 11) is 3.27. The van der Waals surface area contributed by atoms with Crippen LogP contribution in [-0.2, 0) is 5.54 Å². The minimum atomic E-state index is -0.196. The molecule has 1 aliphatic rings. The van der Waals surface area contributed by atoms with Crippen LogP contribution in [-0.4, -0.2) is 14.2 Å². The molecule has 2 N–H and O–H groups in total. The lowest BCUT2D eigenvalue weighted by Gasteiger charge is -2.39. The molecule has 1 aromatic rings. The summed E-state index contributed by atoms with van der Waals surface area (Å²) in [5.41, 5.74) is 7.23. The van der Waals surface area contributed by atoms with Gasteiger partial charge in [-0.15, -0.1) is 0 Å². The summed E-state index contributed by atoms with van der Waals surface area (Å²) < 4.78 is 11.5. The van der Waals surface area contributed by atoms with Crippen molar-refractivity contribution in [3.8, 4) is 11.5 Å². The molecule has 0 heterocycles. The zero-order chi connectivity index (χ0) is 11.8. The first kappa shape index (κ1) is 11.7. The lowest BCUT2D eigenvalue weighted by Crippen LogP contribution is -2.43. The molecule has 1 aromatic carbocycles. The Labute approximate surface area is 104 Å². The van der Waals surface area contributed by atoms with E-state index in [-0.39, 0.29) is 5.54 Å². The molecule has 1 saturated carbocycles. The number of hydrogen-bond donors (Lipinski definition) is 1. The number of benzene rings is 1. The molecule has 88 valence electrons. The Morgan fingerprint density at radius 2 is 1.94 bits per heavy atom. The molecule has 16 heavy (non-hydrogen) atoms. The summed E-state index contributed by atoms with van der Waals surface area (Å²) in [6.45, 7) is 0. The minimum Gasteiger partial charge on any atom is -0.493 e. The van der Waals surface area contributed by atoms with Crippen molar-refractivity contribution in [2.75, 3.05) is 14.2 Å². The highest BCUT2D eigenvalue weighted by atomic mass is 79.9. The van der Waals surface area contributed by atoms with Crippen molar-refractivity contribution in [1.29, 1.82) is 0 Å². The van der Waals surface area contributed by atoms with E-state index < -0.39 is 0 Å². The van der Waals surface area contributed by atoms with Crippen LogP contribution in [0.15, 0.2) is 16.6 Å². The maximum atomic E-state index is 6.31. The van der Waals surface area contributed by atoms with Gasteiger partial charge in [-0.2, -0.15) is 0 Å². The Balaban J connectivity index is 2.48. The Morgan fingerprint density at radius 1 is 1.25 bits per heavy atom. The molecule has 0 atom stereocenters. The lowest BCUT2D eigenvalue weighted by atomic mass is 9.73. The number of methoxy groups -OCH3 is 2. The first-order valence-corrected chi connectivity index (χ1v) is 6.11. The Bertz CT molecular complexity index is 402. The summed E-state index contributed by atoms with van der Waals surface area (Å²) in [6.07, 6.45) is 3.25. The fourth-order valence-electron chi connectivity index (χ4n) is 2.10. The van der Waals surface area contributed by atoms with Crippen LogP contribution in [0.5, 0.6) is 11.5 Å². The van der Waals surface area contributed by atoms with Crippen molar-refractivity contribution in [2.24, 2.45) is 5.73 Å². The number of ether oxygens (including phenoxy) is 2. The summed E-state index contributed by atoms with van der Waals surface area (Å²) in [6, 6.07) is 3.93. The Morgan fingerprint density at radius 3 is 2.38 bits per heavy atom. The highest BCUT2D eigenvalue weighted by Crippen LogP contribution is 2.47. The second-order valence-electron chi connectivity index (χ2n) is 4.17. The smallest absolute Gasteiger partial charge is 0.175 e. The van der Waals surface area contributed by atoms with Crippen LogP contribution in [0.1, 0.15) is 24.8 Å². The van der Waals surface area contributed by atoms with E-state index in [1.54, 1.807) is 14.2 Å². The van der Waals surface area contributed by atoms with E-state index >= 15 is 0 Å². The van der Waals surface area contributed by atoms with Crippen LogP contribution >= 0.6 is 15.9 Å². The fourth-order valence-corrected chi connectivity index (χ4v) is 2.99. The van der Waals surface area contributed by atoms with Gasteiger partial charge in [-0.25, -0.2) is 0 Å². The van der Waals surface area contributed by atoms with Crippen molar-refractivity contribution in [2.45, 2.75) is 24.8 Å². The average Bonchev–Trinajstić information content (AvgIpc) is 2.25. The number of hydrogen-bond acceptors (Lipinski definition) is 3. The van der Waals surface area contributed by atoms with Gasteiger partial charge in [0.05, 0.1) is 18.7 Å². The van der Waals surface area contributed by atoms with Gasteiger partial charge in [-0.05, 0) is 46.8 Å². The molecule has 1 fully saturated rings. The first-order valence-electron chi connectivity index (χ1n) is 5.32. The lowest BCUT2D eigenvalue weighted by molar-refractivity contribution is 0.250. The van der Waals surface area contributed by atoms with Crippen LogP contribution < -0.4 is 15.2 Å². The van der Waals surface area contributed by atoms with Gasteiger partial charge in [0.2, 0.25) is 0 Å². The quantitative estimate of drug-likeness (QED) is 0.929. The molecule has 0 bridgehead atoms. The van der Waals surface area contributed by atoms with Gasteiger partial charge >= 0.3 is 0 Å². The third-order valence-electron chi connectivity index (χ3n) is 3.27. The van der Waals surface area contributed by atoms with E-state index in [0.29, 0.717) is 0 Å². The monoisotopic (exact) mass is 285 g/mol. The van der Waals surface area contributed by atoms with Crippen molar-refractivity contribution in [1.82, 2.24) is 0 Å². The molecular weight excluding hydrogens is 270 g/mol. The van der Waals surface area contributed by atoms with E-state index in [4.69, 9.17) is 15.2 Å². The summed E-state index contributed by atoms with van der Waals surface area (Å²) in [5, 5.41) is 0. The molecule has 0 amide bonds. The maximum Gasteiger partial charge on any atom is 0.175 e. The second-order valence-corrected chi connectivity index (χ2v) is 4.97. The second kappa shape index (κ2) is 4.26. The third-order valence-corrected chi connectivity index (χ3v) is 4.05. The van der Waals surface area contributed by atoms with E-state index in [1.807, 2.05) is 12.1 Å². The van der Waals surface area contributed by atoms with Gasteiger partial charge in [0.15, 0.2) is 11.5 Å². The van der Waals surface area contributed by atoms with Crippen LogP contribution in [0, 0.1) is 0 Å². The van der Waals surface area contributed by atoms with Crippen molar-refractivity contribution >= 4 is 15.9 Å². The first-order chi connectivity index (χ1) is 7.62. The van der Waals surface area contributed by atoms with Gasteiger partial charge in [0.25, 0.3) is 0 Å². The predicted molar refractivity (Wildman–Crippen MR) is 67.0 cm³/mol. The molecule has 0 saturated heterocycles. The maximum absolute atomic E-state index is 6.31. The summed E-state index contributed by atoms with van der Waals surface area (Å²) in [5.74, 6) is 1.44. The minimum absolute atomic E-state index is 0.196. The Kier molecular flexibility index (Phi) is 3.13. The van der Waals surface area contributed by atoms with Gasteiger partial charge < -0.3 is 15.2 Å². The molecule has 0 aromatic heterocycles. The molecule has 4 heteroatoms. The SMILES string of the molecule is COc1ccc(C2(N)CCC2)c(Br)c1OC. The van der Waals surface area contributed by atoms with E-state index in [2.05, 4.69) is 15.9 Å². The number of rotatable bonds is 3. The van der Waals surface area contributed by atoms with Gasteiger partial charge in [0, 0.05) is 5.54 Å². The van der Waals surface area contributed by atoms with E-state index in [9.17, 15) is 0 Å². The average molecular weight is 286 g/mol. The standard InChI is InChI=1S/C12H16BrNO2/c1-15-9-5-4-8(10(13)11(9)16-2)12(14)6-3-7-12/h4-5H,3,6-7,14H2,1-2H3. The van der Waals surface area contributed by atoms with Crippen LogP contribution in [0.3, 0.4) is 0 Å². The van der Waals surface area contributed by atoms with Gasteiger partial charge in [-0.3, -0.25) is 0 Å². The number of nitrogens with two attached hydrogens (primary N) is 1. The Hall–Kier alpha value is -0.740. The van der Waals surface area contributed by atoms with Crippen LogP contribution in [0.25, 0.3) is 0 Å². The van der Waals surface area contributed by atoms with Crippen LogP contribution in [0.4, 0.5) is 0 Å². The molecule has 1 aliphatic carbocycles. The zero-order valence-electron chi connectivity index (χ0n) is 9.55. The highest BCUT2D eigenvalue weighted by molar-refractivity contribution is 9.10. The molecule has 0 aliphatic heterocycles. The zero-order valence-corrected chi connectivity index (χ0v) is 11.1. The molecule has 3 nitrogen and oxygen atoms in total. The van der Waals surface area contributed by atoms with Crippen molar-refractivity contribution in [3.05, 3.63) is 22.2 Å².